The summed E-state index contributed by atoms with van der Waals surface area (Å²) in [5.74, 6) is -0.929. The van der Waals surface area contributed by atoms with E-state index in [-0.39, 0.29) is 31.1 Å². The summed E-state index contributed by atoms with van der Waals surface area (Å²) in [4.78, 5) is 37.5. The first kappa shape index (κ1) is 58.3. The summed E-state index contributed by atoms with van der Waals surface area (Å²) >= 11 is 0. The molecule has 0 fully saturated rings. The first-order valence-electron chi connectivity index (χ1n) is 25.2. The molecule has 0 aromatic heterocycles. The fourth-order valence-corrected chi connectivity index (χ4v) is 6.54. The summed E-state index contributed by atoms with van der Waals surface area (Å²) < 4.78 is 16.6. The van der Waals surface area contributed by atoms with Crippen LogP contribution in [-0.4, -0.2) is 37.2 Å². The first-order valence-corrected chi connectivity index (χ1v) is 25.2. The second-order valence-electron chi connectivity index (χ2n) is 16.3. The van der Waals surface area contributed by atoms with Crippen molar-refractivity contribution in [1.29, 1.82) is 0 Å². The van der Waals surface area contributed by atoms with Crippen LogP contribution >= 0.6 is 0 Å². The van der Waals surface area contributed by atoms with Crippen LogP contribution in [-0.2, 0) is 28.6 Å². The molecule has 1 unspecified atom stereocenters. The SMILES string of the molecule is CC/C=C\C/C=C\C/C=C\C/C=C\C/C=C\C/C=C\C/C=C\CCCCCCCCCC(=O)OCC(COC(=O)CCCCCCC)OC(=O)CCCCCCC/C=C\CCC. The quantitative estimate of drug-likeness (QED) is 0.0263. The smallest absolute Gasteiger partial charge is 0.306 e. The molecular formula is C56H92O6. The molecule has 62 heavy (non-hydrogen) atoms. The molecule has 1 atom stereocenters. The Kier molecular flexibility index (Phi) is 47.0. The van der Waals surface area contributed by atoms with E-state index in [0.717, 1.165) is 135 Å². The van der Waals surface area contributed by atoms with Gasteiger partial charge in [-0.1, -0.05) is 201 Å². The summed E-state index contributed by atoms with van der Waals surface area (Å²) in [6.07, 6.45) is 65.8. The number of hydrogen-bond acceptors (Lipinski definition) is 6. The largest absolute Gasteiger partial charge is 0.462 e. The summed E-state index contributed by atoms with van der Waals surface area (Å²) in [6.45, 7) is 6.34. The van der Waals surface area contributed by atoms with Crippen molar-refractivity contribution < 1.29 is 28.6 Å². The molecule has 0 rings (SSSR count). The van der Waals surface area contributed by atoms with Crippen LogP contribution in [0.3, 0.4) is 0 Å². The molecule has 352 valence electrons. The number of unbranched alkanes of at least 4 members (excludes halogenated alkanes) is 17. The number of rotatable bonds is 44. The Balaban J connectivity index is 4.09. The van der Waals surface area contributed by atoms with Gasteiger partial charge in [-0.05, 0) is 96.3 Å². The topological polar surface area (TPSA) is 78.9 Å². The van der Waals surface area contributed by atoms with Crippen molar-refractivity contribution in [3.8, 4) is 0 Å². The summed E-state index contributed by atoms with van der Waals surface area (Å²) in [5.41, 5.74) is 0. The van der Waals surface area contributed by atoms with E-state index in [1.807, 2.05) is 0 Å². The van der Waals surface area contributed by atoms with E-state index in [0.29, 0.717) is 19.3 Å². The fraction of sp³-hybridized carbons (Fsp3) is 0.661. The molecule has 0 radical (unpaired) electrons. The molecule has 0 saturated heterocycles. The van der Waals surface area contributed by atoms with Gasteiger partial charge >= 0.3 is 17.9 Å². The lowest BCUT2D eigenvalue weighted by Gasteiger charge is -2.18. The monoisotopic (exact) mass is 861 g/mol. The number of ether oxygens (including phenoxy) is 3. The van der Waals surface area contributed by atoms with Crippen LogP contribution in [0.5, 0.6) is 0 Å². The zero-order valence-corrected chi connectivity index (χ0v) is 40.1. The first-order chi connectivity index (χ1) is 30.5. The van der Waals surface area contributed by atoms with Gasteiger partial charge in [0.05, 0.1) is 0 Å². The van der Waals surface area contributed by atoms with Crippen molar-refractivity contribution in [3.63, 3.8) is 0 Å². The van der Waals surface area contributed by atoms with E-state index in [1.54, 1.807) is 0 Å². The lowest BCUT2D eigenvalue weighted by molar-refractivity contribution is -0.167. The molecular weight excluding hydrogens is 769 g/mol. The lowest BCUT2D eigenvalue weighted by Crippen LogP contribution is -2.30. The summed E-state index contributed by atoms with van der Waals surface area (Å²) in [5, 5.41) is 0. The van der Waals surface area contributed by atoms with Gasteiger partial charge < -0.3 is 14.2 Å². The molecule has 0 bridgehead atoms. The van der Waals surface area contributed by atoms with E-state index in [9.17, 15) is 14.4 Å². The van der Waals surface area contributed by atoms with Crippen LogP contribution in [0.1, 0.15) is 220 Å². The Hall–Kier alpha value is -3.67. The second-order valence-corrected chi connectivity index (χ2v) is 16.3. The van der Waals surface area contributed by atoms with Gasteiger partial charge in [0.15, 0.2) is 6.10 Å². The summed E-state index contributed by atoms with van der Waals surface area (Å²) in [7, 11) is 0. The van der Waals surface area contributed by atoms with Crippen molar-refractivity contribution in [2.45, 2.75) is 226 Å². The minimum Gasteiger partial charge on any atom is -0.462 e. The van der Waals surface area contributed by atoms with Gasteiger partial charge in [0.1, 0.15) is 13.2 Å². The zero-order valence-electron chi connectivity index (χ0n) is 40.1. The normalized spacial score (nSPS) is 12.9. The number of hydrogen-bond donors (Lipinski definition) is 0. The van der Waals surface area contributed by atoms with Crippen molar-refractivity contribution in [2.24, 2.45) is 0 Å². The minimum absolute atomic E-state index is 0.0857. The van der Waals surface area contributed by atoms with Crippen LogP contribution in [0.4, 0.5) is 0 Å². The van der Waals surface area contributed by atoms with Crippen LogP contribution in [0, 0.1) is 0 Å². The van der Waals surface area contributed by atoms with Crippen LogP contribution < -0.4 is 0 Å². The third kappa shape index (κ3) is 47.4. The molecule has 0 aliphatic heterocycles. The maximum Gasteiger partial charge on any atom is 0.306 e. The van der Waals surface area contributed by atoms with Crippen LogP contribution in [0.2, 0.25) is 0 Å². The fourth-order valence-electron chi connectivity index (χ4n) is 6.54. The maximum atomic E-state index is 12.6. The molecule has 0 N–H and O–H groups in total. The molecule has 0 aromatic carbocycles. The number of carbonyl (C=O) groups is 3. The second kappa shape index (κ2) is 50.0. The highest BCUT2D eigenvalue weighted by Gasteiger charge is 2.19. The standard InChI is InChI=1S/C56H92O6/c1-4-7-10-13-15-17-19-20-21-22-23-24-25-26-27-28-29-30-31-32-33-34-35-36-37-39-40-43-46-49-55(58)61-52-53(51-60-54(57)48-45-42-12-9-6-3)62-56(59)50-47-44-41-38-18-16-14-11-8-5-2/h7,10-11,14-15,17,20-21,23-24,26-27,29-30,32-33,53H,4-6,8-9,12-13,16,18-19,22,25,28,31,34-52H2,1-3H3/b10-7-,14-11-,17-15-,21-20-,24-23-,27-26-,30-29-,33-32-. The average molecular weight is 861 g/mol. The predicted molar refractivity (Wildman–Crippen MR) is 265 cm³/mol. The molecule has 0 spiro atoms. The van der Waals surface area contributed by atoms with Gasteiger partial charge in [-0.2, -0.15) is 0 Å². The van der Waals surface area contributed by atoms with E-state index < -0.39 is 6.10 Å². The highest BCUT2D eigenvalue weighted by molar-refractivity contribution is 5.71. The van der Waals surface area contributed by atoms with Crippen molar-refractivity contribution in [2.75, 3.05) is 13.2 Å². The maximum absolute atomic E-state index is 12.6. The lowest BCUT2D eigenvalue weighted by atomic mass is 10.1. The van der Waals surface area contributed by atoms with Gasteiger partial charge in [-0.3, -0.25) is 14.4 Å². The van der Waals surface area contributed by atoms with E-state index in [1.165, 1.54) is 44.9 Å². The number of carbonyl (C=O) groups excluding carboxylic acids is 3. The third-order valence-electron chi connectivity index (χ3n) is 10.3. The molecule has 6 heteroatoms. The van der Waals surface area contributed by atoms with Crippen molar-refractivity contribution in [1.82, 2.24) is 0 Å². The van der Waals surface area contributed by atoms with Crippen LogP contribution in [0.25, 0.3) is 0 Å². The Morgan fingerprint density at radius 3 is 1.06 bits per heavy atom. The van der Waals surface area contributed by atoms with Crippen molar-refractivity contribution in [3.05, 3.63) is 97.2 Å². The van der Waals surface area contributed by atoms with Gasteiger partial charge in [0.25, 0.3) is 0 Å². The Bertz CT molecular complexity index is 1260. The highest BCUT2D eigenvalue weighted by Crippen LogP contribution is 2.13. The molecule has 0 amide bonds. The van der Waals surface area contributed by atoms with E-state index in [2.05, 4.69) is 118 Å². The van der Waals surface area contributed by atoms with Gasteiger partial charge in [0, 0.05) is 19.3 Å². The highest BCUT2D eigenvalue weighted by atomic mass is 16.6. The Labute approximate surface area is 381 Å². The van der Waals surface area contributed by atoms with Crippen molar-refractivity contribution >= 4 is 17.9 Å². The molecule has 0 heterocycles. The Morgan fingerprint density at radius 1 is 0.339 bits per heavy atom. The molecule has 0 saturated carbocycles. The third-order valence-corrected chi connectivity index (χ3v) is 10.3. The predicted octanol–water partition coefficient (Wildman–Crippen LogP) is 16.6. The zero-order chi connectivity index (χ0) is 45.1. The number of esters is 3. The van der Waals surface area contributed by atoms with E-state index >= 15 is 0 Å². The Morgan fingerprint density at radius 2 is 0.661 bits per heavy atom. The molecule has 0 aromatic rings. The number of allylic oxidation sites excluding steroid dienone is 16. The molecule has 0 aliphatic carbocycles. The average Bonchev–Trinajstić information content (AvgIpc) is 3.27. The summed E-state index contributed by atoms with van der Waals surface area (Å²) in [6, 6.07) is 0. The van der Waals surface area contributed by atoms with Gasteiger partial charge in [-0.15, -0.1) is 0 Å². The minimum atomic E-state index is -0.781. The van der Waals surface area contributed by atoms with Gasteiger partial charge in [0.2, 0.25) is 0 Å². The molecule has 0 aliphatic rings. The van der Waals surface area contributed by atoms with Gasteiger partial charge in [-0.25, -0.2) is 0 Å². The molecule has 6 nitrogen and oxygen atoms in total. The van der Waals surface area contributed by atoms with E-state index in [4.69, 9.17) is 14.2 Å². The van der Waals surface area contributed by atoms with Crippen LogP contribution in [0.15, 0.2) is 97.2 Å².